The second-order valence-corrected chi connectivity index (χ2v) is 9.18. The second kappa shape index (κ2) is 11.2. The van der Waals surface area contributed by atoms with E-state index in [1.54, 1.807) is 25.2 Å². The summed E-state index contributed by atoms with van der Waals surface area (Å²) >= 11 is 0.951. The first-order chi connectivity index (χ1) is 13.6. The van der Waals surface area contributed by atoms with Crippen LogP contribution in [0.25, 0.3) is 0 Å². The van der Waals surface area contributed by atoms with Crippen molar-refractivity contribution in [2.75, 3.05) is 27.7 Å². The lowest BCUT2D eigenvalue weighted by Crippen LogP contribution is -2.38. The normalized spacial score (nSPS) is 12.6. The summed E-state index contributed by atoms with van der Waals surface area (Å²) in [7, 11) is 0.876. The monoisotopic (exact) mass is 577 g/mol. The molecule has 2 aromatic rings. The molecular formula is C17H23F3IN5O2S2. The molecule has 7 nitrogen and oxygen atoms in total. The van der Waals surface area contributed by atoms with Gasteiger partial charge in [-0.05, 0) is 11.6 Å². The number of rotatable bonds is 7. The molecule has 0 spiro atoms. The fourth-order valence-electron chi connectivity index (χ4n) is 2.34. The van der Waals surface area contributed by atoms with Crippen LogP contribution >= 0.6 is 35.3 Å². The maximum atomic E-state index is 12.6. The molecule has 0 saturated heterocycles. The lowest BCUT2D eigenvalue weighted by molar-refractivity contribution is -0.140. The van der Waals surface area contributed by atoms with Crippen LogP contribution in [0.5, 0.6) is 0 Å². The summed E-state index contributed by atoms with van der Waals surface area (Å²) in [6.07, 6.45) is -4.15. The Morgan fingerprint density at radius 1 is 1.23 bits per heavy atom. The maximum Gasteiger partial charge on any atom is 0.434 e. The first-order valence-corrected chi connectivity index (χ1v) is 10.8. The zero-order valence-electron chi connectivity index (χ0n) is 16.5. The second-order valence-electron chi connectivity index (χ2n) is 6.12. The van der Waals surface area contributed by atoms with Crippen LogP contribution < -0.4 is 10.6 Å². The summed E-state index contributed by atoms with van der Waals surface area (Å²) in [4.78, 5) is 7.81. The van der Waals surface area contributed by atoms with Gasteiger partial charge < -0.3 is 10.6 Å². The van der Waals surface area contributed by atoms with E-state index in [9.17, 15) is 21.6 Å². The summed E-state index contributed by atoms with van der Waals surface area (Å²) in [6, 6.07) is 6.62. The molecule has 0 aliphatic rings. The quantitative estimate of drug-likeness (QED) is 0.301. The van der Waals surface area contributed by atoms with Gasteiger partial charge in [-0.3, -0.25) is 4.99 Å². The minimum Gasteiger partial charge on any atom is -0.356 e. The summed E-state index contributed by atoms with van der Waals surface area (Å²) < 4.78 is 63.8. The van der Waals surface area contributed by atoms with Crippen molar-refractivity contribution in [1.82, 2.24) is 19.9 Å². The van der Waals surface area contributed by atoms with Crippen molar-refractivity contribution in [3.05, 3.63) is 45.9 Å². The first-order valence-electron chi connectivity index (χ1n) is 8.52. The van der Waals surface area contributed by atoms with Gasteiger partial charge in [-0.15, -0.1) is 35.3 Å². The van der Waals surface area contributed by atoms with E-state index in [1.807, 2.05) is 0 Å². The minimum absolute atomic E-state index is 0. The standard InChI is InChI=1S/C17H22F3N5O2S2.HI/c1-21-16(22-9-8-15-24-14(11-28-15)17(18,19)20)23-10-12-6-4-5-7-13(12)29(26,27)25(2)3;/h4-7,11H,8-10H2,1-3H3,(H2,21,22,23);1H. The number of hydrogen-bond donors (Lipinski definition) is 2. The predicted octanol–water partition coefficient (Wildman–Crippen LogP) is 2.94. The van der Waals surface area contributed by atoms with Gasteiger partial charge in [0.25, 0.3) is 0 Å². The predicted molar refractivity (Wildman–Crippen MR) is 122 cm³/mol. The van der Waals surface area contributed by atoms with Crippen molar-refractivity contribution < 1.29 is 21.6 Å². The van der Waals surface area contributed by atoms with Crippen LogP contribution in [-0.2, 0) is 29.2 Å². The molecule has 0 bridgehead atoms. The molecule has 0 saturated carbocycles. The fourth-order valence-corrected chi connectivity index (χ4v) is 4.26. The SMILES string of the molecule is CN=C(NCCc1nc(C(F)(F)F)cs1)NCc1ccccc1S(=O)(=O)N(C)C.I. The highest BCUT2D eigenvalue weighted by Gasteiger charge is 2.33. The summed E-state index contributed by atoms with van der Waals surface area (Å²) in [5.74, 6) is 0.398. The summed E-state index contributed by atoms with van der Waals surface area (Å²) in [6.45, 7) is 0.528. The first kappa shape index (κ1) is 26.6. The molecule has 0 aliphatic heterocycles. The number of aromatic nitrogens is 1. The van der Waals surface area contributed by atoms with E-state index in [2.05, 4.69) is 20.6 Å². The third-order valence-corrected chi connectivity index (χ3v) is 6.70. The largest absolute Gasteiger partial charge is 0.434 e. The number of halogens is 4. The average Bonchev–Trinajstić information content (AvgIpc) is 3.14. The van der Waals surface area contributed by atoms with Crippen LogP contribution in [0.3, 0.4) is 0 Å². The molecule has 2 rings (SSSR count). The molecule has 168 valence electrons. The molecular weight excluding hydrogens is 554 g/mol. The van der Waals surface area contributed by atoms with Crippen molar-refractivity contribution in [3.8, 4) is 0 Å². The highest BCUT2D eigenvalue weighted by Crippen LogP contribution is 2.30. The number of aliphatic imine (C=N–C) groups is 1. The van der Waals surface area contributed by atoms with Gasteiger partial charge in [0.15, 0.2) is 11.7 Å². The third-order valence-electron chi connectivity index (χ3n) is 3.87. The smallest absolute Gasteiger partial charge is 0.356 e. The lowest BCUT2D eigenvalue weighted by Gasteiger charge is -2.16. The molecule has 1 aromatic carbocycles. The van der Waals surface area contributed by atoms with Crippen LogP contribution in [0.4, 0.5) is 13.2 Å². The van der Waals surface area contributed by atoms with Crippen LogP contribution in [0.1, 0.15) is 16.3 Å². The molecule has 0 atom stereocenters. The van der Waals surface area contributed by atoms with E-state index in [0.717, 1.165) is 21.0 Å². The third kappa shape index (κ3) is 7.06. The number of guanidine groups is 1. The number of sulfonamides is 1. The van der Waals surface area contributed by atoms with Gasteiger partial charge in [-0.2, -0.15) is 13.2 Å². The number of hydrogen-bond acceptors (Lipinski definition) is 5. The molecule has 0 radical (unpaired) electrons. The fraction of sp³-hybridized carbons (Fsp3) is 0.412. The van der Waals surface area contributed by atoms with Crippen LogP contribution in [0.2, 0.25) is 0 Å². The molecule has 1 heterocycles. The van der Waals surface area contributed by atoms with E-state index in [-0.39, 0.29) is 35.4 Å². The number of alkyl halides is 3. The number of nitrogens with one attached hydrogen (secondary N) is 2. The zero-order valence-corrected chi connectivity index (χ0v) is 20.5. The van der Waals surface area contributed by atoms with Crippen molar-refractivity contribution >= 4 is 51.3 Å². The van der Waals surface area contributed by atoms with E-state index in [1.165, 1.54) is 20.2 Å². The molecule has 13 heteroatoms. The van der Waals surface area contributed by atoms with Crippen LogP contribution in [0.15, 0.2) is 39.5 Å². The van der Waals surface area contributed by atoms with Gasteiger partial charge in [0.05, 0.1) is 9.90 Å². The van der Waals surface area contributed by atoms with E-state index < -0.39 is 21.9 Å². The molecule has 0 amide bonds. The topological polar surface area (TPSA) is 86.7 Å². The molecule has 2 N–H and O–H groups in total. The molecule has 0 fully saturated rings. The minimum atomic E-state index is -4.44. The van der Waals surface area contributed by atoms with Crippen molar-refractivity contribution in [3.63, 3.8) is 0 Å². The lowest BCUT2D eigenvalue weighted by atomic mass is 10.2. The van der Waals surface area contributed by atoms with Gasteiger partial charge in [-0.25, -0.2) is 17.7 Å². The Balaban J connectivity index is 0.00000450. The number of thiazole rings is 1. The highest BCUT2D eigenvalue weighted by molar-refractivity contribution is 14.0. The van der Waals surface area contributed by atoms with Crippen molar-refractivity contribution in [2.24, 2.45) is 4.99 Å². The van der Waals surface area contributed by atoms with Gasteiger partial charge in [-0.1, -0.05) is 18.2 Å². The molecule has 30 heavy (non-hydrogen) atoms. The number of nitrogens with zero attached hydrogens (tertiary/aromatic N) is 3. The van der Waals surface area contributed by atoms with E-state index in [4.69, 9.17) is 0 Å². The maximum absolute atomic E-state index is 12.6. The average molecular weight is 577 g/mol. The molecule has 0 aliphatic carbocycles. The Kier molecular flexibility index (Phi) is 9.97. The van der Waals surface area contributed by atoms with Gasteiger partial charge >= 0.3 is 6.18 Å². The van der Waals surface area contributed by atoms with E-state index >= 15 is 0 Å². The Morgan fingerprint density at radius 2 is 1.90 bits per heavy atom. The highest BCUT2D eigenvalue weighted by atomic mass is 127. The number of benzene rings is 1. The van der Waals surface area contributed by atoms with Crippen molar-refractivity contribution in [1.29, 1.82) is 0 Å². The van der Waals surface area contributed by atoms with Crippen LogP contribution in [-0.4, -0.2) is 51.4 Å². The van der Waals surface area contributed by atoms with Gasteiger partial charge in [0.2, 0.25) is 10.0 Å². The summed E-state index contributed by atoms with van der Waals surface area (Å²) in [5, 5.41) is 7.35. The van der Waals surface area contributed by atoms with Gasteiger partial charge in [0, 0.05) is 46.0 Å². The molecule has 1 aromatic heterocycles. The van der Waals surface area contributed by atoms with Gasteiger partial charge in [0.1, 0.15) is 0 Å². The van der Waals surface area contributed by atoms with E-state index in [0.29, 0.717) is 29.5 Å². The Hall–Kier alpha value is -1.45. The summed E-state index contributed by atoms with van der Waals surface area (Å²) in [5.41, 5.74) is -0.322. The van der Waals surface area contributed by atoms with Crippen molar-refractivity contribution in [2.45, 2.75) is 24.0 Å². The molecule has 0 unspecified atom stereocenters. The zero-order chi connectivity index (χ0) is 21.7. The Labute approximate surface area is 194 Å². The van der Waals surface area contributed by atoms with Crippen LogP contribution in [0, 0.1) is 0 Å². The Bertz CT molecular complexity index is 962. The Morgan fingerprint density at radius 3 is 2.47 bits per heavy atom.